The molecule has 1 fully saturated rings. The monoisotopic (exact) mass is 317 g/mol. The van der Waals surface area contributed by atoms with Gasteiger partial charge in [-0.3, -0.25) is 0 Å². The number of esters is 1. The predicted molar refractivity (Wildman–Crippen MR) is 87.5 cm³/mol. The van der Waals surface area contributed by atoms with E-state index < -0.39 is 5.97 Å². The molecule has 2 atom stereocenters. The molecule has 0 spiro atoms. The molecule has 1 aliphatic carbocycles. The summed E-state index contributed by atoms with van der Waals surface area (Å²) in [4.78, 5) is 20.8. The van der Waals surface area contributed by atoms with Gasteiger partial charge in [0.05, 0.1) is 12.0 Å². The van der Waals surface area contributed by atoms with E-state index in [1.165, 1.54) is 25.6 Å². The maximum atomic E-state index is 12.3. The van der Waals surface area contributed by atoms with Crippen molar-refractivity contribution in [1.82, 2.24) is 9.97 Å². The Morgan fingerprint density at radius 1 is 1.39 bits per heavy atom. The minimum atomic E-state index is -0.390. The first-order chi connectivity index (χ1) is 11.1. The highest BCUT2D eigenvalue weighted by Gasteiger charge is 2.27. The number of fused-ring (bicyclic) bond motifs is 1. The van der Waals surface area contributed by atoms with Crippen molar-refractivity contribution in [3.63, 3.8) is 0 Å². The van der Waals surface area contributed by atoms with Gasteiger partial charge in [-0.25, -0.2) is 14.8 Å². The first-order valence-corrected chi connectivity index (χ1v) is 8.29. The normalized spacial score (nSPS) is 21.3. The van der Waals surface area contributed by atoms with Crippen LogP contribution in [0.25, 0.3) is 11.1 Å². The van der Waals surface area contributed by atoms with Gasteiger partial charge in [0, 0.05) is 6.04 Å². The molecule has 0 aromatic carbocycles. The molecule has 1 N–H and O–H groups in total. The number of ether oxygens (including phenoxy) is 1. The van der Waals surface area contributed by atoms with Gasteiger partial charge in [-0.05, 0) is 32.6 Å². The van der Waals surface area contributed by atoms with E-state index in [1.54, 1.807) is 13.8 Å². The predicted octanol–water partition coefficient (Wildman–Crippen LogP) is 3.70. The van der Waals surface area contributed by atoms with Gasteiger partial charge in [0.2, 0.25) is 5.71 Å². The number of nitrogens with zero attached hydrogens (tertiary/aromatic N) is 2. The zero-order valence-electron chi connectivity index (χ0n) is 13.9. The Labute approximate surface area is 135 Å². The van der Waals surface area contributed by atoms with Crippen molar-refractivity contribution in [3.05, 3.63) is 17.7 Å². The Morgan fingerprint density at radius 3 is 2.91 bits per heavy atom. The molecule has 6 nitrogen and oxygen atoms in total. The molecule has 2 aromatic heterocycles. The second-order valence-electron chi connectivity index (χ2n) is 6.17. The largest absolute Gasteiger partial charge is 0.462 e. The average molecular weight is 317 g/mol. The molecule has 0 unspecified atom stereocenters. The van der Waals surface area contributed by atoms with Crippen LogP contribution in [0, 0.1) is 12.8 Å². The van der Waals surface area contributed by atoms with E-state index in [4.69, 9.17) is 9.15 Å². The fraction of sp³-hybridized carbons (Fsp3) is 0.588. The van der Waals surface area contributed by atoms with Gasteiger partial charge in [0.25, 0.3) is 0 Å². The quantitative estimate of drug-likeness (QED) is 0.866. The van der Waals surface area contributed by atoms with E-state index in [-0.39, 0.29) is 0 Å². The van der Waals surface area contributed by atoms with Crippen LogP contribution in [0.5, 0.6) is 0 Å². The molecule has 23 heavy (non-hydrogen) atoms. The molecule has 1 aliphatic rings. The molecule has 0 saturated heterocycles. The summed E-state index contributed by atoms with van der Waals surface area (Å²) in [5.74, 6) is 1.36. The molecule has 0 radical (unpaired) electrons. The molecule has 0 amide bonds. The highest BCUT2D eigenvalue weighted by molar-refractivity contribution is 6.07. The van der Waals surface area contributed by atoms with Crippen molar-refractivity contribution in [2.24, 2.45) is 5.92 Å². The van der Waals surface area contributed by atoms with Crippen LogP contribution in [0.1, 0.15) is 55.6 Å². The summed E-state index contributed by atoms with van der Waals surface area (Å²) in [6.45, 7) is 6.11. The minimum Gasteiger partial charge on any atom is -0.462 e. The summed E-state index contributed by atoms with van der Waals surface area (Å²) in [6.07, 6.45) is 6.28. The molecule has 0 aliphatic heterocycles. The minimum absolute atomic E-state index is 0.320. The van der Waals surface area contributed by atoms with Gasteiger partial charge in [-0.2, -0.15) is 0 Å². The third-order valence-electron chi connectivity index (χ3n) is 4.58. The second-order valence-corrected chi connectivity index (χ2v) is 6.17. The van der Waals surface area contributed by atoms with Crippen molar-refractivity contribution >= 4 is 22.9 Å². The van der Waals surface area contributed by atoms with Crippen LogP contribution >= 0.6 is 0 Å². The zero-order chi connectivity index (χ0) is 16.4. The number of furan rings is 1. The van der Waals surface area contributed by atoms with Gasteiger partial charge in [0.1, 0.15) is 23.5 Å². The summed E-state index contributed by atoms with van der Waals surface area (Å²) in [6, 6.07) is 0.354. The number of rotatable bonds is 4. The number of carbonyl (C=O) groups excluding carboxylic acids is 1. The lowest BCUT2D eigenvalue weighted by Gasteiger charge is -2.30. The third-order valence-corrected chi connectivity index (χ3v) is 4.58. The molecule has 6 heteroatoms. The lowest BCUT2D eigenvalue weighted by Crippen LogP contribution is -2.30. The SMILES string of the molecule is CCOC(=O)c1c(C)oc2ncnc(N[C@@H]3CCCC[C@@H]3C)c12. The number of anilines is 1. The topological polar surface area (TPSA) is 77.2 Å². The number of hydrogen-bond donors (Lipinski definition) is 1. The van der Waals surface area contributed by atoms with Crippen molar-refractivity contribution in [1.29, 1.82) is 0 Å². The highest BCUT2D eigenvalue weighted by Crippen LogP contribution is 2.32. The van der Waals surface area contributed by atoms with E-state index in [2.05, 4.69) is 22.2 Å². The Morgan fingerprint density at radius 2 is 2.17 bits per heavy atom. The summed E-state index contributed by atoms with van der Waals surface area (Å²) >= 11 is 0. The molecular formula is C17H23N3O3. The van der Waals surface area contributed by atoms with Crippen LogP contribution in [0.4, 0.5) is 5.82 Å². The number of hydrogen-bond acceptors (Lipinski definition) is 6. The number of carbonyl (C=O) groups is 1. The van der Waals surface area contributed by atoms with Crippen molar-refractivity contribution in [2.75, 3.05) is 11.9 Å². The van der Waals surface area contributed by atoms with E-state index in [0.29, 0.717) is 46.8 Å². The first kappa shape index (κ1) is 15.8. The zero-order valence-corrected chi connectivity index (χ0v) is 13.9. The molecule has 2 aromatic rings. The van der Waals surface area contributed by atoms with Crippen LogP contribution in [0.15, 0.2) is 10.7 Å². The van der Waals surface area contributed by atoms with Crippen LogP contribution in [-0.2, 0) is 4.74 Å². The van der Waals surface area contributed by atoms with Crippen molar-refractivity contribution < 1.29 is 13.9 Å². The lowest BCUT2D eigenvalue weighted by molar-refractivity contribution is 0.0526. The molecule has 124 valence electrons. The first-order valence-electron chi connectivity index (χ1n) is 8.29. The lowest BCUT2D eigenvalue weighted by atomic mass is 9.86. The number of aryl methyl sites for hydroxylation is 1. The summed E-state index contributed by atoms with van der Waals surface area (Å²) in [5, 5.41) is 4.13. The maximum Gasteiger partial charge on any atom is 0.342 e. The smallest absolute Gasteiger partial charge is 0.342 e. The Hall–Kier alpha value is -2.11. The summed E-state index contributed by atoms with van der Waals surface area (Å²) < 4.78 is 10.8. The van der Waals surface area contributed by atoms with Crippen LogP contribution in [0.3, 0.4) is 0 Å². The molecule has 3 rings (SSSR count). The summed E-state index contributed by atoms with van der Waals surface area (Å²) in [5.41, 5.74) is 0.847. The fourth-order valence-corrected chi connectivity index (χ4v) is 3.31. The van der Waals surface area contributed by atoms with Gasteiger partial charge >= 0.3 is 5.97 Å². The molecule has 1 saturated carbocycles. The average Bonchev–Trinajstić information content (AvgIpc) is 2.87. The number of nitrogens with one attached hydrogen (secondary N) is 1. The van der Waals surface area contributed by atoms with Gasteiger partial charge in [-0.15, -0.1) is 0 Å². The second kappa shape index (κ2) is 6.56. The fourth-order valence-electron chi connectivity index (χ4n) is 3.31. The van der Waals surface area contributed by atoms with Crippen molar-refractivity contribution in [3.8, 4) is 0 Å². The number of aromatic nitrogens is 2. The molecule has 2 heterocycles. The van der Waals surface area contributed by atoms with Gasteiger partial charge < -0.3 is 14.5 Å². The molecular weight excluding hydrogens is 294 g/mol. The standard InChI is InChI=1S/C17H23N3O3/c1-4-22-17(21)13-11(3)23-16-14(13)15(18-9-19-16)20-12-8-6-5-7-10(12)2/h9-10,12H,4-8H2,1-3H3,(H,18,19,20)/t10-,12+/m0/s1. The summed E-state index contributed by atoms with van der Waals surface area (Å²) in [7, 11) is 0. The third kappa shape index (κ3) is 3.02. The molecule has 0 bridgehead atoms. The highest BCUT2D eigenvalue weighted by atomic mass is 16.5. The van der Waals surface area contributed by atoms with Crippen LogP contribution in [-0.4, -0.2) is 28.6 Å². The van der Waals surface area contributed by atoms with Crippen LogP contribution in [0.2, 0.25) is 0 Å². The van der Waals surface area contributed by atoms with E-state index >= 15 is 0 Å². The van der Waals surface area contributed by atoms with E-state index in [0.717, 1.165) is 6.42 Å². The Bertz CT molecular complexity index is 710. The van der Waals surface area contributed by atoms with Crippen LogP contribution < -0.4 is 5.32 Å². The van der Waals surface area contributed by atoms with Gasteiger partial charge in [0.15, 0.2) is 0 Å². The van der Waals surface area contributed by atoms with E-state index in [1.807, 2.05) is 0 Å². The van der Waals surface area contributed by atoms with E-state index in [9.17, 15) is 4.79 Å². The Kier molecular flexibility index (Phi) is 4.50. The van der Waals surface area contributed by atoms with Gasteiger partial charge in [-0.1, -0.05) is 19.8 Å². The maximum absolute atomic E-state index is 12.3. The Balaban J connectivity index is 2.01. The van der Waals surface area contributed by atoms with Crippen molar-refractivity contribution in [2.45, 2.75) is 52.5 Å².